The minimum atomic E-state index is 0.197. The summed E-state index contributed by atoms with van der Waals surface area (Å²) in [7, 11) is 0. The average Bonchev–Trinajstić information content (AvgIpc) is 3.09. The van der Waals surface area contributed by atoms with Crippen LogP contribution in [0.5, 0.6) is 0 Å². The number of aromatic nitrogens is 1. The maximum absolute atomic E-state index is 9.32. The summed E-state index contributed by atoms with van der Waals surface area (Å²) in [6, 6.07) is 4.41. The van der Waals surface area contributed by atoms with Crippen molar-refractivity contribution in [2.24, 2.45) is 0 Å². The maximum Gasteiger partial charge on any atom is 0.0610 e. The summed E-state index contributed by atoms with van der Waals surface area (Å²) >= 11 is 0. The van der Waals surface area contributed by atoms with Crippen LogP contribution in [0, 0.1) is 13.8 Å². The summed E-state index contributed by atoms with van der Waals surface area (Å²) in [4.78, 5) is 2.57. The third-order valence-electron chi connectivity index (χ3n) is 4.74. The van der Waals surface area contributed by atoms with E-state index in [1.807, 2.05) is 0 Å². The van der Waals surface area contributed by atoms with Gasteiger partial charge in [-0.2, -0.15) is 0 Å². The molecule has 0 radical (unpaired) electrons. The molecule has 1 aliphatic heterocycles. The first-order chi connectivity index (χ1) is 10.2. The Morgan fingerprint density at radius 3 is 2.48 bits per heavy atom. The van der Waals surface area contributed by atoms with E-state index in [4.69, 9.17) is 0 Å². The van der Waals surface area contributed by atoms with Crippen LogP contribution in [0.25, 0.3) is 10.9 Å². The lowest BCUT2D eigenvalue weighted by atomic mass is 10.0. The summed E-state index contributed by atoms with van der Waals surface area (Å²) in [6.07, 6.45) is 6.07. The summed E-state index contributed by atoms with van der Waals surface area (Å²) in [5, 5.41) is 10.7. The molecule has 1 aromatic heterocycles. The molecule has 3 rings (SSSR count). The second kappa shape index (κ2) is 6.20. The van der Waals surface area contributed by atoms with Crippen LogP contribution in [0.1, 0.15) is 29.5 Å². The lowest BCUT2D eigenvalue weighted by Crippen LogP contribution is -2.21. The summed E-state index contributed by atoms with van der Waals surface area (Å²) in [5.41, 5.74) is 5.40. The Morgan fingerprint density at radius 2 is 1.76 bits per heavy atom. The van der Waals surface area contributed by atoms with E-state index in [9.17, 15) is 5.11 Å². The quantitative estimate of drug-likeness (QED) is 0.915. The second-order valence-corrected chi connectivity index (χ2v) is 6.29. The van der Waals surface area contributed by atoms with Gasteiger partial charge in [-0.05, 0) is 62.9 Å². The first kappa shape index (κ1) is 14.6. The fourth-order valence-corrected chi connectivity index (χ4v) is 3.65. The highest BCUT2D eigenvalue weighted by atomic mass is 16.3. The van der Waals surface area contributed by atoms with Crippen LogP contribution in [0.4, 0.5) is 0 Å². The van der Waals surface area contributed by atoms with Gasteiger partial charge in [-0.1, -0.05) is 12.1 Å². The molecule has 1 aromatic carbocycles. The van der Waals surface area contributed by atoms with Crippen molar-refractivity contribution < 1.29 is 5.11 Å². The zero-order valence-electron chi connectivity index (χ0n) is 13.2. The lowest BCUT2D eigenvalue weighted by molar-refractivity contribution is 0.278. The van der Waals surface area contributed by atoms with Crippen LogP contribution in [-0.2, 0) is 13.0 Å². The molecule has 21 heavy (non-hydrogen) atoms. The van der Waals surface area contributed by atoms with Crippen molar-refractivity contribution >= 4 is 10.9 Å². The van der Waals surface area contributed by atoms with Gasteiger partial charge < -0.3 is 14.6 Å². The first-order valence-electron chi connectivity index (χ1n) is 8.12. The molecule has 2 aromatic rings. The van der Waals surface area contributed by atoms with Crippen molar-refractivity contribution in [3.05, 3.63) is 35.0 Å². The Kier molecular flexibility index (Phi) is 4.32. The van der Waals surface area contributed by atoms with Crippen molar-refractivity contribution in [3.63, 3.8) is 0 Å². The molecule has 1 aliphatic rings. The molecule has 114 valence electrons. The topological polar surface area (TPSA) is 28.4 Å². The van der Waals surface area contributed by atoms with Crippen LogP contribution < -0.4 is 0 Å². The van der Waals surface area contributed by atoms with Crippen LogP contribution in [0.3, 0.4) is 0 Å². The van der Waals surface area contributed by atoms with Gasteiger partial charge in [0.05, 0.1) is 12.1 Å². The zero-order valence-corrected chi connectivity index (χ0v) is 13.2. The van der Waals surface area contributed by atoms with Crippen LogP contribution in [-0.4, -0.2) is 40.8 Å². The number of fused-ring (bicyclic) bond motifs is 1. The Labute approximate surface area is 127 Å². The normalized spacial score (nSPS) is 16.1. The number of rotatable bonds is 5. The van der Waals surface area contributed by atoms with E-state index in [0.717, 1.165) is 13.0 Å². The molecule has 1 N–H and O–H groups in total. The molecule has 3 nitrogen and oxygen atoms in total. The van der Waals surface area contributed by atoms with E-state index < -0.39 is 0 Å². The Bertz CT molecular complexity index is 624. The van der Waals surface area contributed by atoms with Gasteiger partial charge in [0.1, 0.15) is 0 Å². The largest absolute Gasteiger partial charge is 0.395 e. The molecular weight excluding hydrogens is 260 g/mol. The Morgan fingerprint density at radius 1 is 1.05 bits per heavy atom. The number of nitrogens with zero attached hydrogens (tertiary/aromatic N) is 2. The molecule has 0 saturated carbocycles. The van der Waals surface area contributed by atoms with Gasteiger partial charge >= 0.3 is 0 Å². The zero-order chi connectivity index (χ0) is 14.8. The van der Waals surface area contributed by atoms with Gasteiger partial charge in [-0.15, -0.1) is 0 Å². The van der Waals surface area contributed by atoms with Crippen molar-refractivity contribution in [2.45, 2.75) is 39.7 Å². The molecule has 0 aliphatic carbocycles. The van der Waals surface area contributed by atoms with E-state index >= 15 is 0 Å². The van der Waals surface area contributed by atoms with Gasteiger partial charge in [0.2, 0.25) is 0 Å². The van der Waals surface area contributed by atoms with Gasteiger partial charge in [-0.25, -0.2) is 0 Å². The maximum atomic E-state index is 9.32. The van der Waals surface area contributed by atoms with Crippen LogP contribution >= 0.6 is 0 Å². The first-order valence-corrected chi connectivity index (χ1v) is 8.12. The van der Waals surface area contributed by atoms with Gasteiger partial charge in [0.25, 0.3) is 0 Å². The predicted molar refractivity (Wildman–Crippen MR) is 87.9 cm³/mol. The molecule has 0 amide bonds. The van der Waals surface area contributed by atoms with Gasteiger partial charge in [0.15, 0.2) is 0 Å². The van der Waals surface area contributed by atoms with Gasteiger partial charge in [0, 0.05) is 24.7 Å². The highest BCUT2D eigenvalue weighted by molar-refractivity contribution is 5.89. The number of hydrogen-bond donors (Lipinski definition) is 1. The SMILES string of the molecule is Cc1ccc(C)c2c1c(CCN1CCCC1)cn2CCO. The Hall–Kier alpha value is -1.32. The van der Waals surface area contributed by atoms with E-state index in [2.05, 4.69) is 41.6 Å². The van der Waals surface area contributed by atoms with Crippen LogP contribution in [0.2, 0.25) is 0 Å². The van der Waals surface area contributed by atoms with Gasteiger partial charge in [-0.3, -0.25) is 0 Å². The molecule has 0 bridgehead atoms. The number of aliphatic hydroxyl groups excluding tert-OH is 1. The molecule has 1 saturated heterocycles. The molecule has 3 heteroatoms. The highest BCUT2D eigenvalue weighted by Gasteiger charge is 2.15. The number of hydrogen-bond acceptors (Lipinski definition) is 2. The molecule has 2 heterocycles. The third kappa shape index (κ3) is 2.85. The second-order valence-electron chi connectivity index (χ2n) is 6.29. The van der Waals surface area contributed by atoms with Crippen molar-refractivity contribution in [1.82, 2.24) is 9.47 Å². The van der Waals surface area contributed by atoms with E-state index in [1.165, 1.54) is 53.5 Å². The van der Waals surface area contributed by atoms with Crippen molar-refractivity contribution in [3.8, 4) is 0 Å². The number of likely N-dealkylation sites (tertiary alicyclic amines) is 1. The standard InChI is InChI=1S/C18H26N2O/c1-14-5-6-15(2)18-17(14)16(13-20(18)11-12-21)7-10-19-8-3-4-9-19/h5-6,13,21H,3-4,7-12H2,1-2H3. The van der Waals surface area contributed by atoms with Crippen molar-refractivity contribution in [2.75, 3.05) is 26.2 Å². The average molecular weight is 286 g/mol. The van der Waals surface area contributed by atoms with E-state index in [-0.39, 0.29) is 6.61 Å². The third-order valence-corrected chi connectivity index (χ3v) is 4.74. The van der Waals surface area contributed by atoms with Crippen molar-refractivity contribution in [1.29, 1.82) is 0 Å². The number of aryl methyl sites for hydroxylation is 2. The number of benzene rings is 1. The van der Waals surface area contributed by atoms with E-state index in [1.54, 1.807) is 0 Å². The summed E-state index contributed by atoms with van der Waals surface area (Å²) in [5.74, 6) is 0. The fourth-order valence-electron chi connectivity index (χ4n) is 3.65. The molecule has 0 atom stereocenters. The fraction of sp³-hybridized carbons (Fsp3) is 0.556. The highest BCUT2D eigenvalue weighted by Crippen LogP contribution is 2.28. The number of aliphatic hydroxyl groups is 1. The summed E-state index contributed by atoms with van der Waals surface area (Å²) < 4.78 is 2.23. The molecule has 0 spiro atoms. The smallest absolute Gasteiger partial charge is 0.0610 e. The molecule has 0 unspecified atom stereocenters. The van der Waals surface area contributed by atoms with Crippen LogP contribution in [0.15, 0.2) is 18.3 Å². The predicted octanol–water partition coefficient (Wildman–Crippen LogP) is 2.89. The summed E-state index contributed by atoms with van der Waals surface area (Å²) in [6.45, 7) is 8.92. The lowest BCUT2D eigenvalue weighted by Gasteiger charge is -2.14. The van der Waals surface area contributed by atoms with E-state index in [0.29, 0.717) is 6.54 Å². The monoisotopic (exact) mass is 286 g/mol. The molecule has 1 fully saturated rings. The minimum absolute atomic E-state index is 0.197. The minimum Gasteiger partial charge on any atom is -0.395 e. The Balaban J connectivity index is 1.95. The molecular formula is C18H26N2O.